The van der Waals surface area contributed by atoms with E-state index in [1.54, 1.807) is 0 Å². The zero-order valence-corrected chi connectivity index (χ0v) is 33.7. The second-order valence-corrected chi connectivity index (χ2v) is 15.6. The van der Waals surface area contributed by atoms with Crippen molar-refractivity contribution in [3.63, 3.8) is 0 Å². The lowest BCUT2D eigenvalue weighted by atomic mass is 9.91. The molecule has 0 bridgehead atoms. The van der Waals surface area contributed by atoms with Gasteiger partial charge in [0.15, 0.2) is 0 Å². The van der Waals surface area contributed by atoms with E-state index in [-0.39, 0.29) is 0 Å². The maximum atomic E-state index is 2.42. The van der Waals surface area contributed by atoms with Gasteiger partial charge in [0.1, 0.15) is 0 Å². The van der Waals surface area contributed by atoms with E-state index in [4.69, 9.17) is 0 Å². The molecule has 7 aromatic rings. The van der Waals surface area contributed by atoms with Gasteiger partial charge in [0, 0.05) is 17.1 Å². The van der Waals surface area contributed by atoms with E-state index in [1.807, 2.05) is 0 Å². The third-order valence-electron chi connectivity index (χ3n) is 11.2. The topological polar surface area (TPSA) is 3.24 Å². The Labute approximate surface area is 340 Å². The van der Waals surface area contributed by atoms with Crippen LogP contribution in [0.5, 0.6) is 0 Å². The average Bonchev–Trinajstić information content (AvgIpc) is 3.24. The fourth-order valence-corrected chi connectivity index (χ4v) is 7.81. The minimum atomic E-state index is 1.14. The van der Waals surface area contributed by atoms with Gasteiger partial charge in [-0.2, -0.15) is 0 Å². The van der Waals surface area contributed by atoms with Crippen molar-refractivity contribution in [3.05, 3.63) is 243 Å². The van der Waals surface area contributed by atoms with Crippen LogP contribution < -0.4 is 4.90 Å². The molecule has 0 saturated heterocycles. The first-order valence-electron chi connectivity index (χ1n) is 20.4. The highest BCUT2D eigenvalue weighted by Gasteiger charge is 2.17. The first kappa shape index (κ1) is 37.5. The molecule has 0 N–H and O–H groups in total. The van der Waals surface area contributed by atoms with Gasteiger partial charge in [-0.1, -0.05) is 168 Å². The second kappa shape index (κ2) is 17.1. The third kappa shape index (κ3) is 9.01. The summed E-state index contributed by atoms with van der Waals surface area (Å²) >= 11 is 0. The quantitative estimate of drug-likeness (QED) is 0.0998. The Bertz CT molecular complexity index is 2430. The van der Waals surface area contributed by atoms with Crippen LogP contribution in [0, 0.1) is 27.7 Å². The number of benzene rings is 7. The highest BCUT2D eigenvalue weighted by molar-refractivity contribution is 5.92. The predicted octanol–water partition coefficient (Wildman–Crippen LogP) is 15.0. The van der Waals surface area contributed by atoms with Crippen LogP contribution in [-0.2, 0) is 12.8 Å². The van der Waals surface area contributed by atoms with Crippen molar-refractivity contribution in [1.29, 1.82) is 0 Å². The summed E-state index contributed by atoms with van der Waals surface area (Å²) < 4.78 is 0. The van der Waals surface area contributed by atoms with E-state index in [1.165, 1.54) is 97.3 Å². The molecule has 0 spiro atoms. The van der Waals surface area contributed by atoms with E-state index in [0.29, 0.717) is 0 Å². The van der Waals surface area contributed by atoms with Gasteiger partial charge in [-0.3, -0.25) is 0 Å². The van der Waals surface area contributed by atoms with E-state index in [2.05, 4.69) is 221 Å². The molecule has 1 aliphatic rings. The summed E-state index contributed by atoms with van der Waals surface area (Å²) in [5, 5.41) is 0. The summed E-state index contributed by atoms with van der Waals surface area (Å²) in [5.74, 6) is 0. The largest absolute Gasteiger partial charge is 0.310 e. The predicted molar refractivity (Wildman–Crippen MR) is 246 cm³/mol. The van der Waals surface area contributed by atoms with Crippen molar-refractivity contribution in [3.8, 4) is 0 Å². The number of anilines is 3. The van der Waals surface area contributed by atoms with Gasteiger partial charge in [0.2, 0.25) is 0 Å². The van der Waals surface area contributed by atoms with Gasteiger partial charge in [0.25, 0.3) is 0 Å². The molecule has 0 radical (unpaired) electrons. The summed E-state index contributed by atoms with van der Waals surface area (Å²) in [5.41, 5.74) is 21.1. The van der Waals surface area contributed by atoms with Crippen molar-refractivity contribution < 1.29 is 0 Å². The molecule has 0 saturated carbocycles. The van der Waals surface area contributed by atoms with Crippen molar-refractivity contribution in [2.75, 3.05) is 4.90 Å². The monoisotopic (exact) mass is 737 g/mol. The Morgan fingerprint density at radius 1 is 0.404 bits per heavy atom. The van der Waals surface area contributed by atoms with Crippen molar-refractivity contribution >= 4 is 40.4 Å². The van der Waals surface area contributed by atoms with Crippen LogP contribution in [-0.4, -0.2) is 0 Å². The van der Waals surface area contributed by atoms with Crippen molar-refractivity contribution in [1.82, 2.24) is 0 Å². The lowest BCUT2D eigenvalue weighted by molar-refractivity contribution is 0.685. The molecule has 7 aromatic carbocycles. The number of fused-ring (bicyclic) bond motifs is 1. The van der Waals surface area contributed by atoms with E-state index in [9.17, 15) is 0 Å². The zero-order valence-electron chi connectivity index (χ0n) is 33.7. The molecule has 0 fully saturated rings. The van der Waals surface area contributed by atoms with Crippen LogP contribution in [0.1, 0.15) is 79.6 Å². The van der Waals surface area contributed by atoms with Gasteiger partial charge < -0.3 is 4.90 Å². The van der Waals surface area contributed by atoms with E-state index in [0.717, 1.165) is 23.4 Å². The Hall–Kier alpha value is -6.44. The van der Waals surface area contributed by atoms with Crippen molar-refractivity contribution in [2.24, 2.45) is 0 Å². The number of nitrogens with zero attached hydrogens (tertiary/aromatic N) is 1. The molecule has 0 unspecified atom stereocenters. The average molecular weight is 738 g/mol. The lowest BCUT2D eigenvalue weighted by Crippen LogP contribution is -2.12. The maximum Gasteiger partial charge on any atom is 0.0464 e. The Balaban J connectivity index is 1.12. The first-order chi connectivity index (χ1) is 27.9. The van der Waals surface area contributed by atoms with Gasteiger partial charge >= 0.3 is 0 Å². The fraction of sp³-hybridized carbons (Fsp3) is 0.143. The van der Waals surface area contributed by atoms with Crippen LogP contribution in [0.25, 0.3) is 23.3 Å². The van der Waals surface area contributed by atoms with Gasteiger partial charge in [-0.25, -0.2) is 0 Å². The second-order valence-electron chi connectivity index (χ2n) is 15.6. The number of aryl methyl sites for hydroxylation is 6. The molecule has 0 amide bonds. The van der Waals surface area contributed by atoms with Gasteiger partial charge in [-0.05, 0) is 152 Å². The molecular weight excluding hydrogens is 687 g/mol. The molecule has 57 heavy (non-hydrogen) atoms. The molecule has 1 aliphatic carbocycles. The molecule has 1 heteroatoms. The molecule has 0 atom stereocenters. The zero-order chi connectivity index (χ0) is 39.1. The lowest BCUT2D eigenvalue weighted by Gasteiger charge is -2.27. The van der Waals surface area contributed by atoms with Gasteiger partial charge in [0.05, 0.1) is 0 Å². The van der Waals surface area contributed by atoms with Crippen LogP contribution in [0.15, 0.2) is 176 Å². The minimum Gasteiger partial charge on any atom is -0.310 e. The fourth-order valence-electron chi connectivity index (χ4n) is 7.81. The highest BCUT2D eigenvalue weighted by Crippen LogP contribution is 2.38. The molecule has 0 aliphatic heterocycles. The Kier molecular flexibility index (Phi) is 11.3. The summed E-state index contributed by atoms with van der Waals surface area (Å²) in [4.78, 5) is 2.41. The molecule has 280 valence electrons. The van der Waals surface area contributed by atoms with Gasteiger partial charge in [-0.15, -0.1) is 0 Å². The standard InChI is InChI=1S/C56H51N/c1-40-12-24-47(25-13-40)55(48-26-14-41(2)15-27-48)11-7-8-44-20-33-52(34-21-44)57(54-37-32-46-9-5-6-10-51(46)39-54)53-35-22-45(23-36-53)38-56(49-28-16-42(3)17-29-49)50-30-18-43(4)19-31-50/h7-8,11-39H,5-6,9-10H2,1-4H3. The first-order valence-corrected chi connectivity index (χ1v) is 20.4. The van der Waals surface area contributed by atoms with Crippen LogP contribution in [0.3, 0.4) is 0 Å². The van der Waals surface area contributed by atoms with E-state index < -0.39 is 0 Å². The Morgan fingerprint density at radius 3 is 1.28 bits per heavy atom. The molecule has 8 rings (SSSR count). The van der Waals surface area contributed by atoms with Crippen molar-refractivity contribution in [2.45, 2.75) is 53.4 Å². The summed E-state index contributed by atoms with van der Waals surface area (Å²) in [6.45, 7) is 8.56. The summed E-state index contributed by atoms with van der Waals surface area (Å²) in [6, 6.07) is 60.4. The normalized spacial score (nSPS) is 12.2. The Morgan fingerprint density at radius 2 is 0.807 bits per heavy atom. The molecular formula is C56H51N. The number of hydrogen-bond acceptors (Lipinski definition) is 1. The maximum absolute atomic E-state index is 2.42. The third-order valence-corrected chi connectivity index (χ3v) is 11.2. The minimum absolute atomic E-state index is 1.14. The molecule has 0 heterocycles. The van der Waals surface area contributed by atoms with E-state index >= 15 is 0 Å². The molecule has 0 aromatic heterocycles. The number of allylic oxidation sites excluding steroid dienone is 2. The SMILES string of the molecule is Cc1ccc(C(=CC=Cc2ccc(N(c3ccc(C=C(c4ccc(C)cc4)c4ccc(C)cc4)cc3)c3ccc4c(c3)CCCC4)cc2)c2ccc(C)cc2)cc1. The summed E-state index contributed by atoms with van der Waals surface area (Å²) in [6.07, 6.45) is 13.8. The highest BCUT2D eigenvalue weighted by atomic mass is 15.1. The van der Waals surface area contributed by atoms with Crippen LogP contribution in [0.4, 0.5) is 17.1 Å². The van der Waals surface area contributed by atoms with Crippen LogP contribution in [0.2, 0.25) is 0 Å². The van der Waals surface area contributed by atoms with Crippen LogP contribution >= 0.6 is 0 Å². The summed E-state index contributed by atoms with van der Waals surface area (Å²) in [7, 11) is 0. The molecule has 1 nitrogen and oxygen atoms in total. The number of hydrogen-bond donors (Lipinski definition) is 0. The smallest absolute Gasteiger partial charge is 0.0464 e. The number of rotatable bonds is 10.